The molecule has 3 aromatic heterocycles. The van der Waals surface area contributed by atoms with Gasteiger partial charge in [-0.05, 0) is 157 Å². The number of anilines is 3. The number of rotatable bonds is 3. The molecule has 0 unspecified atom stereocenters. The van der Waals surface area contributed by atoms with Gasteiger partial charge in [-0.25, -0.2) is 0 Å². The predicted molar refractivity (Wildman–Crippen MR) is 313 cm³/mol. The number of nitrogens with zero attached hydrogens (tertiary/aromatic N) is 1. The number of benzene rings is 10. The molecule has 13 aromatic rings. The Balaban J connectivity index is 0.838. The van der Waals surface area contributed by atoms with Crippen molar-refractivity contribution in [1.82, 2.24) is 0 Å². The topological polar surface area (TPSA) is 42.7 Å². The second kappa shape index (κ2) is 13.8. The summed E-state index contributed by atoms with van der Waals surface area (Å²) in [5, 5.41) is 6.88. The first-order valence-electron chi connectivity index (χ1n) is 27.0. The minimum atomic E-state index is -0.299. The second-order valence-electron chi connectivity index (χ2n) is 24.4. The number of hydrogen-bond acceptors (Lipinski definition) is 4. The molecule has 10 aromatic carbocycles. The van der Waals surface area contributed by atoms with Gasteiger partial charge in [0, 0.05) is 71.1 Å². The molecule has 4 nitrogen and oxygen atoms in total. The highest BCUT2D eigenvalue weighted by atomic mass is 16.3. The van der Waals surface area contributed by atoms with Crippen LogP contribution in [0.4, 0.5) is 17.1 Å². The van der Waals surface area contributed by atoms with E-state index in [9.17, 15) is 0 Å². The molecule has 0 aliphatic heterocycles. The fourth-order valence-corrected chi connectivity index (χ4v) is 15.1. The summed E-state index contributed by atoms with van der Waals surface area (Å²) in [6.07, 6.45) is 0. The third kappa shape index (κ3) is 5.11. The molecule has 17 rings (SSSR count). The van der Waals surface area contributed by atoms with E-state index in [-0.39, 0.29) is 21.7 Å². The van der Waals surface area contributed by atoms with Crippen LogP contribution in [0.2, 0.25) is 0 Å². The van der Waals surface area contributed by atoms with E-state index < -0.39 is 0 Å². The molecule has 0 spiro atoms. The molecule has 0 fully saturated rings. The highest BCUT2D eigenvalue weighted by Gasteiger charge is 2.45. The molecule has 0 saturated heterocycles. The molecular formula is C72H53NO3. The first-order chi connectivity index (χ1) is 36.7. The van der Waals surface area contributed by atoms with Crippen LogP contribution in [0.3, 0.4) is 0 Å². The Labute approximate surface area is 440 Å². The Hall–Kier alpha value is -8.60. The van der Waals surface area contributed by atoms with Crippen molar-refractivity contribution in [2.45, 2.75) is 77.0 Å². The molecule has 76 heavy (non-hydrogen) atoms. The molecule has 4 heteroatoms. The first kappa shape index (κ1) is 42.7. The second-order valence-corrected chi connectivity index (χ2v) is 24.4. The van der Waals surface area contributed by atoms with Crippen molar-refractivity contribution in [3.63, 3.8) is 0 Å². The molecule has 4 aliphatic carbocycles. The van der Waals surface area contributed by atoms with Gasteiger partial charge in [-0.3, -0.25) is 0 Å². The monoisotopic (exact) mass is 979 g/mol. The van der Waals surface area contributed by atoms with Gasteiger partial charge >= 0.3 is 0 Å². The molecule has 0 N–H and O–H groups in total. The standard InChI is InChI=1S/C72H53NO3/c1-69(2)51-30-28-44-42-16-9-12-20-60(42)75-67(44)64(51)49-36-55-47(34-57(49)69)40-26-24-38(32-53(40)71(55,5)6)73(59-19-15-23-63-66(59)46-18-11-14-22-62(46)74-63)39-25-27-41-48-35-58-50(37-56(48)72(7,8)54(41)33-39)65-52(70(58,3)4)31-29-45-43-17-10-13-21-61(43)76-68(45)65/h9-37H,1-8H3. The first-order valence-corrected chi connectivity index (χ1v) is 27.0. The van der Waals surface area contributed by atoms with E-state index in [2.05, 4.69) is 236 Å². The van der Waals surface area contributed by atoms with Gasteiger partial charge in [-0.1, -0.05) is 152 Å². The van der Waals surface area contributed by atoms with Gasteiger partial charge in [0.2, 0.25) is 0 Å². The molecule has 0 saturated carbocycles. The summed E-state index contributed by atoms with van der Waals surface area (Å²) in [6, 6.07) is 65.6. The van der Waals surface area contributed by atoms with Crippen LogP contribution in [0.15, 0.2) is 189 Å². The van der Waals surface area contributed by atoms with Crippen molar-refractivity contribution in [1.29, 1.82) is 0 Å². The van der Waals surface area contributed by atoms with Crippen LogP contribution in [-0.4, -0.2) is 0 Å². The lowest BCUT2D eigenvalue weighted by Crippen LogP contribution is -2.18. The van der Waals surface area contributed by atoms with E-state index in [1.807, 2.05) is 0 Å². The summed E-state index contributed by atoms with van der Waals surface area (Å²) >= 11 is 0. The summed E-state index contributed by atoms with van der Waals surface area (Å²) in [5.41, 5.74) is 28.9. The number of fused-ring (bicyclic) bond motifs is 23. The SMILES string of the molecule is CC1(C)c2cc(N(c3ccc4c(c3)C(C)(C)c3cc5c(cc3-4)C(C)(C)c3ccc4c(oc6ccccc64)c3-5)c3cccc4oc5ccccc5c34)ccc2-c2cc3c(cc21)-c1c(ccc2c1oc1ccccc12)C3(C)C. The normalized spacial score (nSPS) is 16.3. The van der Waals surface area contributed by atoms with Gasteiger partial charge in [0.15, 0.2) is 0 Å². The summed E-state index contributed by atoms with van der Waals surface area (Å²) in [6.45, 7) is 19.2. The van der Waals surface area contributed by atoms with Crippen LogP contribution in [0.25, 0.3) is 110 Å². The van der Waals surface area contributed by atoms with E-state index in [0.717, 1.165) is 72.1 Å². The fraction of sp³-hybridized carbons (Fsp3) is 0.167. The van der Waals surface area contributed by atoms with Gasteiger partial charge < -0.3 is 18.2 Å². The van der Waals surface area contributed by atoms with Crippen molar-refractivity contribution in [3.8, 4) is 44.5 Å². The molecule has 0 radical (unpaired) electrons. The van der Waals surface area contributed by atoms with Crippen molar-refractivity contribution >= 4 is 82.9 Å². The summed E-state index contributed by atoms with van der Waals surface area (Å²) in [5.74, 6) is 0. The van der Waals surface area contributed by atoms with Crippen molar-refractivity contribution in [2.75, 3.05) is 4.90 Å². The molecule has 0 bridgehead atoms. The maximum Gasteiger partial charge on any atom is 0.143 e. The highest BCUT2D eigenvalue weighted by Crippen LogP contribution is 2.61. The molecule has 364 valence electrons. The lowest BCUT2D eigenvalue weighted by atomic mass is 9.79. The zero-order valence-electron chi connectivity index (χ0n) is 43.9. The van der Waals surface area contributed by atoms with Crippen LogP contribution in [0.1, 0.15) is 99.9 Å². The van der Waals surface area contributed by atoms with Crippen LogP contribution < -0.4 is 4.90 Å². The quantitative estimate of drug-likeness (QED) is 0.177. The Morgan fingerprint density at radius 3 is 1.18 bits per heavy atom. The van der Waals surface area contributed by atoms with Gasteiger partial charge in [0.05, 0.1) is 11.1 Å². The third-order valence-corrected chi connectivity index (χ3v) is 19.1. The number of hydrogen-bond donors (Lipinski definition) is 0. The summed E-state index contributed by atoms with van der Waals surface area (Å²) < 4.78 is 20.1. The molecule has 3 heterocycles. The van der Waals surface area contributed by atoms with Crippen molar-refractivity contribution in [2.24, 2.45) is 0 Å². The minimum absolute atomic E-state index is 0.203. The largest absolute Gasteiger partial charge is 0.456 e. The Kier molecular flexibility index (Phi) is 7.76. The average Bonchev–Trinajstić information content (AvgIpc) is 4.28. The molecular weight excluding hydrogens is 927 g/mol. The van der Waals surface area contributed by atoms with Gasteiger partial charge in [0.25, 0.3) is 0 Å². The van der Waals surface area contributed by atoms with Gasteiger partial charge in [-0.2, -0.15) is 0 Å². The summed E-state index contributed by atoms with van der Waals surface area (Å²) in [4.78, 5) is 2.50. The van der Waals surface area contributed by atoms with Crippen LogP contribution in [-0.2, 0) is 21.7 Å². The van der Waals surface area contributed by atoms with Crippen LogP contribution >= 0.6 is 0 Å². The maximum atomic E-state index is 6.76. The highest BCUT2D eigenvalue weighted by molar-refractivity contribution is 6.15. The minimum Gasteiger partial charge on any atom is -0.456 e. The number of furan rings is 3. The Morgan fingerprint density at radius 1 is 0.289 bits per heavy atom. The average molecular weight is 980 g/mol. The van der Waals surface area contributed by atoms with E-state index >= 15 is 0 Å². The van der Waals surface area contributed by atoms with Crippen molar-refractivity contribution in [3.05, 3.63) is 220 Å². The Bertz CT molecular complexity index is 4580. The molecule has 0 amide bonds. The van der Waals surface area contributed by atoms with E-state index in [1.165, 1.54) is 99.8 Å². The Morgan fingerprint density at radius 2 is 0.684 bits per heavy atom. The maximum absolute atomic E-state index is 6.76. The lowest BCUT2D eigenvalue weighted by Gasteiger charge is -2.30. The predicted octanol–water partition coefficient (Wildman–Crippen LogP) is 20.1. The lowest BCUT2D eigenvalue weighted by molar-refractivity contribution is 0.649. The third-order valence-electron chi connectivity index (χ3n) is 19.1. The van der Waals surface area contributed by atoms with Gasteiger partial charge in [0.1, 0.15) is 33.5 Å². The smallest absolute Gasteiger partial charge is 0.143 e. The van der Waals surface area contributed by atoms with Crippen molar-refractivity contribution < 1.29 is 13.3 Å². The van der Waals surface area contributed by atoms with Crippen LogP contribution in [0.5, 0.6) is 0 Å². The van der Waals surface area contributed by atoms with Crippen LogP contribution in [0, 0.1) is 0 Å². The zero-order valence-corrected chi connectivity index (χ0v) is 43.9. The fourth-order valence-electron chi connectivity index (χ4n) is 15.1. The summed E-state index contributed by atoms with van der Waals surface area (Å²) in [7, 11) is 0. The zero-order chi connectivity index (χ0) is 51.1. The van der Waals surface area contributed by atoms with E-state index in [0.29, 0.717) is 0 Å². The number of para-hydroxylation sites is 3. The van der Waals surface area contributed by atoms with E-state index in [4.69, 9.17) is 13.3 Å². The van der Waals surface area contributed by atoms with Gasteiger partial charge in [-0.15, -0.1) is 0 Å². The molecule has 4 aliphatic rings. The van der Waals surface area contributed by atoms with E-state index in [1.54, 1.807) is 0 Å². The molecule has 0 atom stereocenters.